The molecule has 1 N–H and O–H groups in total. The maximum absolute atomic E-state index is 6.17. The van der Waals surface area contributed by atoms with Crippen LogP contribution in [-0.4, -0.2) is 6.54 Å². The molecular weight excluding hydrogens is 373 g/mol. The summed E-state index contributed by atoms with van der Waals surface area (Å²) in [5, 5.41) is 4.53. The van der Waals surface area contributed by atoms with Crippen LogP contribution in [0.4, 0.5) is 0 Å². The highest BCUT2D eigenvalue weighted by atomic mass is 79.9. The zero-order valence-corrected chi connectivity index (χ0v) is 14.7. The van der Waals surface area contributed by atoms with Gasteiger partial charge in [-0.3, -0.25) is 0 Å². The maximum atomic E-state index is 6.17. The van der Waals surface area contributed by atoms with Gasteiger partial charge in [-0.05, 0) is 40.7 Å². The van der Waals surface area contributed by atoms with Crippen LogP contribution in [0.15, 0.2) is 40.9 Å². The molecule has 5 heteroatoms. The molecule has 0 aliphatic carbocycles. The van der Waals surface area contributed by atoms with Gasteiger partial charge in [0.25, 0.3) is 0 Å². The Morgan fingerprint density at radius 1 is 1.10 bits per heavy atom. The molecule has 2 rings (SSSR count). The minimum absolute atomic E-state index is 0.334. The molecule has 21 heavy (non-hydrogen) atoms. The number of para-hydroxylation sites is 1. The third kappa shape index (κ3) is 4.36. The highest BCUT2D eigenvalue weighted by Crippen LogP contribution is 2.32. The summed E-state index contributed by atoms with van der Waals surface area (Å²) in [7, 11) is 0. The van der Waals surface area contributed by atoms with Crippen molar-refractivity contribution in [3.8, 4) is 5.75 Å². The van der Waals surface area contributed by atoms with Gasteiger partial charge < -0.3 is 10.1 Å². The second kappa shape index (κ2) is 8.04. The van der Waals surface area contributed by atoms with Gasteiger partial charge in [-0.25, -0.2) is 0 Å². The molecule has 0 heterocycles. The Hall–Kier alpha value is -0.740. The van der Waals surface area contributed by atoms with Crippen molar-refractivity contribution in [2.75, 3.05) is 6.54 Å². The molecular formula is C16H16BrCl2NO. The molecule has 0 bridgehead atoms. The summed E-state index contributed by atoms with van der Waals surface area (Å²) in [6, 6.07) is 11.4. The van der Waals surface area contributed by atoms with Gasteiger partial charge in [-0.15, -0.1) is 0 Å². The highest BCUT2D eigenvalue weighted by molar-refractivity contribution is 9.10. The molecule has 0 fully saturated rings. The van der Waals surface area contributed by atoms with Gasteiger partial charge in [0, 0.05) is 27.7 Å². The van der Waals surface area contributed by atoms with E-state index < -0.39 is 0 Å². The number of rotatable bonds is 6. The van der Waals surface area contributed by atoms with E-state index in [1.54, 1.807) is 0 Å². The van der Waals surface area contributed by atoms with Crippen LogP contribution in [0.3, 0.4) is 0 Å². The van der Waals surface area contributed by atoms with E-state index in [9.17, 15) is 0 Å². The smallest absolute Gasteiger partial charge is 0.138 e. The molecule has 112 valence electrons. The van der Waals surface area contributed by atoms with Crippen LogP contribution in [0.1, 0.15) is 18.1 Å². The van der Waals surface area contributed by atoms with Crippen molar-refractivity contribution in [3.63, 3.8) is 0 Å². The molecule has 0 saturated heterocycles. The molecule has 0 aliphatic heterocycles. The van der Waals surface area contributed by atoms with E-state index in [0.717, 1.165) is 34.4 Å². The van der Waals surface area contributed by atoms with Crippen LogP contribution in [0.2, 0.25) is 10.0 Å². The molecule has 0 amide bonds. The van der Waals surface area contributed by atoms with Crippen LogP contribution >= 0.6 is 39.1 Å². The standard InChI is InChI=1S/C16H16BrCl2NO/c1-2-20-9-11-5-3-6-13(17)16(11)21-10-12-14(18)7-4-8-15(12)19/h3-8,20H,2,9-10H2,1H3. The summed E-state index contributed by atoms with van der Waals surface area (Å²) in [6.45, 7) is 4.06. The summed E-state index contributed by atoms with van der Waals surface area (Å²) in [5.41, 5.74) is 1.89. The molecule has 0 unspecified atom stereocenters. The molecule has 2 nitrogen and oxygen atoms in total. The lowest BCUT2D eigenvalue weighted by atomic mass is 10.2. The Labute approximate surface area is 143 Å². The van der Waals surface area contributed by atoms with Crippen molar-refractivity contribution in [2.24, 2.45) is 0 Å². The van der Waals surface area contributed by atoms with Gasteiger partial charge in [0.2, 0.25) is 0 Å². The van der Waals surface area contributed by atoms with Crippen LogP contribution in [-0.2, 0) is 13.2 Å². The van der Waals surface area contributed by atoms with Crippen molar-refractivity contribution >= 4 is 39.1 Å². The van der Waals surface area contributed by atoms with Gasteiger partial charge in [-0.2, -0.15) is 0 Å². The van der Waals surface area contributed by atoms with Crippen LogP contribution in [0.25, 0.3) is 0 Å². The van der Waals surface area contributed by atoms with Gasteiger partial charge in [0.15, 0.2) is 0 Å². The van der Waals surface area contributed by atoms with Crippen molar-refractivity contribution in [2.45, 2.75) is 20.1 Å². The molecule has 0 aliphatic rings. The first-order valence-electron chi connectivity index (χ1n) is 6.67. The Balaban J connectivity index is 2.19. The fourth-order valence-electron chi connectivity index (χ4n) is 1.93. The van der Waals surface area contributed by atoms with E-state index >= 15 is 0 Å². The minimum atomic E-state index is 0.334. The number of benzene rings is 2. The summed E-state index contributed by atoms with van der Waals surface area (Å²) < 4.78 is 6.87. The second-order valence-electron chi connectivity index (χ2n) is 4.50. The third-order valence-electron chi connectivity index (χ3n) is 3.04. The van der Waals surface area contributed by atoms with Gasteiger partial charge in [0.1, 0.15) is 12.4 Å². The lowest BCUT2D eigenvalue weighted by Crippen LogP contribution is -2.13. The molecule has 2 aromatic carbocycles. The highest BCUT2D eigenvalue weighted by Gasteiger charge is 2.11. The van der Waals surface area contributed by atoms with Crippen LogP contribution in [0.5, 0.6) is 5.75 Å². The van der Waals surface area contributed by atoms with E-state index in [0.29, 0.717) is 16.7 Å². The summed E-state index contributed by atoms with van der Waals surface area (Å²) in [6.07, 6.45) is 0. The Morgan fingerprint density at radius 3 is 2.43 bits per heavy atom. The molecule has 0 saturated carbocycles. The quantitative estimate of drug-likeness (QED) is 0.710. The summed E-state index contributed by atoms with van der Waals surface area (Å²) in [5.74, 6) is 0.814. The van der Waals surface area contributed by atoms with E-state index in [1.165, 1.54) is 0 Å². The molecule has 0 aromatic heterocycles. The number of hydrogen-bond donors (Lipinski definition) is 1. The lowest BCUT2D eigenvalue weighted by Gasteiger charge is -2.15. The largest absolute Gasteiger partial charge is 0.487 e. The number of nitrogens with one attached hydrogen (secondary N) is 1. The topological polar surface area (TPSA) is 21.3 Å². The van der Waals surface area contributed by atoms with Crippen LogP contribution < -0.4 is 10.1 Å². The van der Waals surface area contributed by atoms with Crippen LogP contribution in [0, 0.1) is 0 Å². The summed E-state index contributed by atoms with van der Waals surface area (Å²) >= 11 is 15.9. The normalized spacial score (nSPS) is 10.7. The molecule has 0 atom stereocenters. The molecule has 0 radical (unpaired) electrons. The van der Waals surface area contributed by atoms with Gasteiger partial charge in [0.05, 0.1) is 4.47 Å². The molecule has 2 aromatic rings. The zero-order chi connectivity index (χ0) is 15.2. The Morgan fingerprint density at radius 2 is 1.76 bits per heavy atom. The number of ether oxygens (including phenoxy) is 1. The van der Waals surface area contributed by atoms with Crippen molar-refractivity contribution in [1.82, 2.24) is 5.32 Å². The fraction of sp³-hybridized carbons (Fsp3) is 0.250. The predicted molar refractivity (Wildman–Crippen MR) is 92.3 cm³/mol. The summed E-state index contributed by atoms with van der Waals surface area (Å²) in [4.78, 5) is 0. The second-order valence-corrected chi connectivity index (χ2v) is 6.17. The Kier molecular flexibility index (Phi) is 6.37. The lowest BCUT2D eigenvalue weighted by molar-refractivity contribution is 0.300. The third-order valence-corrected chi connectivity index (χ3v) is 4.37. The SMILES string of the molecule is CCNCc1cccc(Br)c1OCc1c(Cl)cccc1Cl. The fourth-order valence-corrected chi connectivity index (χ4v) is 2.96. The average molecular weight is 389 g/mol. The van der Waals surface area contributed by atoms with Crippen molar-refractivity contribution < 1.29 is 4.74 Å². The predicted octanol–water partition coefficient (Wildman–Crippen LogP) is 5.44. The van der Waals surface area contributed by atoms with Gasteiger partial charge >= 0.3 is 0 Å². The number of halogens is 3. The maximum Gasteiger partial charge on any atom is 0.138 e. The minimum Gasteiger partial charge on any atom is -0.487 e. The monoisotopic (exact) mass is 387 g/mol. The first-order chi connectivity index (χ1) is 10.1. The van der Waals surface area contributed by atoms with E-state index in [2.05, 4.69) is 28.2 Å². The molecule has 0 spiro atoms. The van der Waals surface area contributed by atoms with E-state index in [4.69, 9.17) is 27.9 Å². The van der Waals surface area contributed by atoms with Crippen molar-refractivity contribution in [3.05, 3.63) is 62.0 Å². The zero-order valence-electron chi connectivity index (χ0n) is 11.6. The van der Waals surface area contributed by atoms with E-state index in [-0.39, 0.29) is 0 Å². The Bertz CT molecular complexity index is 599. The first-order valence-corrected chi connectivity index (χ1v) is 8.22. The van der Waals surface area contributed by atoms with Gasteiger partial charge in [-0.1, -0.05) is 48.3 Å². The average Bonchev–Trinajstić information content (AvgIpc) is 2.46. The van der Waals surface area contributed by atoms with Crippen molar-refractivity contribution in [1.29, 1.82) is 0 Å². The van der Waals surface area contributed by atoms with E-state index in [1.807, 2.05) is 36.4 Å². The number of hydrogen-bond acceptors (Lipinski definition) is 2. The first kappa shape index (κ1) is 16.6.